The third kappa shape index (κ3) is 2.61. The molecule has 0 aliphatic heterocycles. The number of benzene rings is 1. The van der Waals surface area contributed by atoms with Crippen molar-refractivity contribution in [1.29, 1.82) is 0 Å². The number of ether oxygens (including phenoxy) is 1. The van der Waals surface area contributed by atoms with Crippen molar-refractivity contribution in [2.75, 3.05) is 0 Å². The van der Waals surface area contributed by atoms with Crippen LogP contribution in [0.2, 0.25) is 0 Å². The lowest BCUT2D eigenvalue weighted by atomic mass is 10.2. The lowest BCUT2D eigenvalue weighted by Gasteiger charge is -2.05. The summed E-state index contributed by atoms with van der Waals surface area (Å²) in [5.74, 6) is 0.0918. The minimum Gasteiger partial charge on any atom is -0.439 e. The molecule has 0 bridgehead atoms. The zero-order valence-electron chi connectivity index (χ0n) is 14.4. The summed E-state index contributed by atoms with van der Waals surface area (Å²) >= 11 is 0. The highest BCUT2D eigenvalue weighted by Crippen LogP contribution is 2.30. The normalized spacial score (nSPS) is 11.3. The molecule has 0 unspecified atom stereocenters. The van der Waals surface area contributed by atoms with E-state index < -0.39 is 5.95 Å². The molecule has 0 N–H and O–H groups in total. The Kier molecular flexibility index (Phi) is 3.91. The standard InChI is InChI=1S/C19H17FN4O2/c1-3-9-24-19(25)18-14(11-21-24)13-8-7-12(10-15(13)23(18)2)26-17-6-4-5-16(20)22-17/h4-8,10-11H,3,9H2,1-2H3. The van der Waals surface area contributed by atoms with E-state index in [1.54, 1.807) is 18.3 Å². The van der Waals surface area contributed by atoms with Gasteiger partial charge in [0, 0.05) is 36.5 Å². The Bertz CT molecular complexity index is 1180. The summed E-state index contributed by atoms with van der Waals surface area (Å²) < 4.78 is 22.2. The Morgan fingerprint density at radius 1 is 1.19 bits per heavy atom. The van der Waals surface area contributed by atoms with Crippen LogP contribution in [-0.2, 0) is 13.6 Å². The molecule has 0 saturated heterocycles. The lowest BCUT2D eigenvalue weighted by Crippen LogP contribution is -2.23. The Morgan fingerprint density at radius 2 is 2.04 bits per heavy atom. The number of aryl methyl sites for hydroxylation is 2. The summed E-state index contributed by atoms with van der Waals surface area (Å²) in [4.78, 5) is 16.4. The molecule has 0 saturated carbocycles. The summed E-state index contributed by atoms with van der Waals surface area (Å²) in [6.07, 6.45) is 2.56. The first-order chi connectivity index (χ1) is 12.6. The van der Waals surface area contributed by atoms with E-state index in [2.05, 4.69) is 10.1 Å². The van der Waals surface area contributed by atoms with Crippen LogP contribution in [-0.4, -0.2) is 19.3 Å². The van der Waals surface area contributed by atoms with Gasteiger partial charge in [0.05, 0.1) is 11.7 Å². The monoisotopic (exact) mass is 352 g/mol. The van der Waals surface area contributed by atoms with Gasteiger partial charge in [-0.1, -0.05) is 13.0 Å². The maximum absolute atomic E-state index is 13.2. The van der Waals surface area contributed by atoms with Crippen molar-refractivity contribution >= 4 is 21.8 Å². The quantitative estimate of drug-likeness (QED) is 0.526. The molecule has 4 aromatic rings. The predicted molar refractivity (Wildman–Crippen MR) is 97.0 cm³/mol. The zero-order valence-corrected chi connectivity index (χ0v) is 14.4. The van der Waals surface area contributed by atoms with E-state index in [1.807, 2.05) is 30.7 Å². The van der Waals surface area contributed by atoms with Gasteiger partial charge in [-0.3, -0.25) is 4.79 Å². The van der Waals surface area contributed by atoms with Crippen molar-refractivity contribution in [2.24, 2.45) is 7.05 Å². The average molecular weight is 352 g/mol. The van der Waals surface area contributed by atoms with Crippen molar-refractivity contribution in [3.63, 3.8) is 0 Å². The molecule has 3 aromatic heterocycles. The fourth-order valence-corrected chi connectivity index (χ4v) is 3.14. The van der Waals surface area contributed by atoms with Crippen LogP contribution in [0.1, 0.15) is 13.3 Å². The number of halogens is 1. The van der Waals surface area contributed by atoms with Gasteiger partial charge in [-0.15, -0.1) is 0 Å². The molecular formula is C19H17FN4O2. The third-order valence-corrected chi connectivity index (χ3v) is 4.32. The molecule has 0 aliphatic carbocycles. The van der Waals surface area contributed by atoms with Crippen molar-refractivity contribution in [1.82, 2.24) is 19.3 Å². The molecule has 3 heterocycles. The van der Waals surface area contributed by atoms with Crippen molar-refractivity contribution in [3.05, 3.63) is 58.9 Å². The summed E-state index contributed by atoms with van der Waals surface area (Å²) in [5.41, 5.74) is 1.32. The first-order valence-electron chi connectivity index (χ1n) is 8.37. The van der Waals surface area contributed by atoms with E-state index >= 15 is 0 Å². The van der Waals surface area contributed by atoms with E-state index in [4.69, 9.17) is 4.74 Å². The number of hydrogen-bond acceptors (Lipinski definition) is 4. The Balaban J connectivity index is 1.85. The Hall–Kier alpha value is -3.22. The van der Waals surface area contributed by atoms with Gasteiger partial charge in [0.15, 0.2) is 0 Å². The second-order valence-corrected chi connectivity index (χ2v) is 6.07. The van der Waals surface area contributed by atoms with Crippen LogP contribution in [0, 0.1) is 5.95 Å². The van der Waals surface area contributed by atoms with Gasteiger partial charge in [0.25, 0.3) is 5.56 Å². The SMILES string of the molecule is CCCn1ncc2c3ccc(Oc4cccc(F)n4)cc3n(C)c2c1=O. The predicted octanol–water partition coefficient (Wildman–Crippen LogP) is 3.62. The number of fused-ring (bicyclic) bond motifs is 3. The second-order valence-electron chi connectivity index (χ2n) is 6.07. The molecule has 7 heteroatoms. The summed E-state index contributed by atoms with van der Waals surface area (Å²) in [5, 5.41) is 5.98. The lowest BCUT2D eigenvalue weighted by molar-refractivity contribution is 0.446. The fourth-order valence-electron chi connectivity index (χ4n) is 3.14. The third-order valence-electron chi connectivity index (χ3n) is 4.32. The highest BCUT2D eigenvalue weighted by atomic mass is 19.1. The summed E-state index contributed by atoms with van der Waals surface area (Å²) in [6.45, 7) is 2.58. The summed E-state index contributed by atoms with van der Waals surface area (Å²) in [6, 6.07) is 9.83. The van der Waals surface area contributed by atoms with Crippen LogP contribution in [0.4, 0.5) is 4.39 Å². The molecule has 26 heavy (non-hydrogen) atoms. The molecule has 6 nitrogen and oxygen atoms in total. The molecular weight excluding hydrogens is 335 g/mol. The van der Waals surface area contributed by atoms with Gasteiger partial charge >= 0.3 is 0 Å². The molecule has 0 spiro atoms. The van der Waals surface area contributed by atoms with Crippen LogP contribution in [0.5, 0.6) is 11.6 Å². The molecule has 0 amide bonds. The molecule has 0 radical (unpaired) electrons. The number of aromatic nitrogens is 4. The summed E-state index contributed by atoms with van der Waals surface area (Å²) in [7, 11) is 1.84. The van der Waals surface area contributed by atoms with E-state index in [0.29, 0.717) is 17.8 Å². The van der Waals surface area contributed by atoms with E-state index in [9.17, 15) is 9.18 Å². The Morgan fingerprint density at radius 3 is 2.81 bits per heavy atom. The van der Waals surface area contributed by atoms with Crippen LogP contribution < -0.4 is 10.3 Å². The van der Waals surface area contributed by atoms with Gasteiger partial charge in [0.1, 0.15) is 11.3 Å². The molecule has 4 rings (SSSR count). The van der Waals surface area contributed by atoms with Crippen molar-refractivity contribution in [3.8, 4) is 11.6 Å². The van der Waals surface area contributed by atoms with Gasteiger partial charge in [0.2, 0.25) is 11.8 Å². The van der Waals surface area contributed by atoms with Crippen LogP contribution in [0.3, 0.4) is 0 Å². The molecule has 1 aromatic carbocycles. The van der Waals surface area contributed by atoms with Crippen LogP contribution in [0.25, 0.3) is 21.8 Å². The zero-order chi connectivity index (χ0) is 18.3. The topological polar surface area (TPSA) is 61.9 Å². The van der Waals surface area contributed by atoms with Crippen molar-refractivity contribution < 1.29 is 9.13 Å². The molecule has 0 fully saturated rings. The molecule has 0 aliphatic rings. The molecule has 132 valence electrons. The highest BCUT2D eigenvalue weighted by Gasteiger charge is 2.14. The number of pyridine rings is 1. The number of nitrogens with zero attached hydrogens (tertiary/aromatic N) is 4. The van der Waals surface area contributed by atoms with Crippen LogP contribution in [0.15, 0.2) is 47.4 Å². The van der Waals surface area contributed by atoms with E-state index in [0.717, 1.165) is 22.7 Å². The van der Waals surface area contributed by atoms with Crippen molar-refractivity contribution in [2.45, 2.75) is 19.9 Å². The fraction of sp³-hybridized carbons (Fsp3) is 0.211. The van der Waals surface area contributed by atoms with E-state index in [1.165, 1.54) is 16.8 Å². The van der Waals surface area contributed by atoms with Gasteiger partial charge in [-0.2, -0.15) is 14.5 Å². The van der Waals surface area contributed by atoms with Crippen LogP contribution >= 0.6 is 0 Å². The number of hydrogen-bond donors (Lipinski definition) is 0. The minimum absolute atomic E-state index is 0.114. The first-order valence-corrected chi connectivity index (χ1v) is 8.37. The smallest absolute Gasteiger partial charge is 0.291 e. The highest BCUT2D eigenvalue weighted by molar-refractivity contribution is 6.07. The molecule has 0 atom stereocenters. The average Bonchev–Trinajstić information content (AvgIpc) is 2.90. The number of rotatable bonds is 4. The Labute approximate surface area is 148 Å². The van der Waals surface area contributed by atoms with Gasteiger partial charge in [-0.25, -0.2) is 4.68 Å². The second kappa shape index (κ2) is 6.25. The maximum Gasteiger partial charge on any atom is 0.291 e. The minimum atomic E-state index is -0.601. The van der Waals surface area contributed by atoms with Gasteiger partial charge < -0.3 is 9.30 Å². The van der Waals surface area contributed by atoms with E-state index in [-0.39, 0.29) is 11.4 Å². The largest absolute Gasteiger partial charge is 0.439 e. The maximum atomic E-state index is 13.2. The van der Waals surface area contributed by atoms with Gasteiger partial charge in [-0.05, 0) is 24.6 Å². The first kappa shape index (κ1) is 16.3.